The van der Waals surface area contributed by atoms with Crippen LogP contribution < -0.4 is 0 Å². The molecule has 0 aromatic heterocycles. The monoisotopic (exact) mass is 191 g/mol. The summed E-state index contributed by atoms with van der Waals surface area (Å²) in [5.41, 5.74) is 2.53. The third-order valence-electron chi connectivity index (χ3n) is 2.22. The van der Waals surface area contributed by atoms with Crippen molar-refractivity contribution in [1.29, 1.82) is 0 Å². The molecule has 14 heavy (non-hydrogen) atoms. The summed E-state index contributed by atoms with van der Waals surface area (Å²) in [4.78, 5) is 10.4. The van der Waals surface area contributed by atoms with Crippen molar-refractivity contribution < 1.29 is 9.66 Å². The van der Waals surface area contributed by atoms with Crippen LogP contribution in [0.3, 0.4) is 0 Å². The molecule has 4 nitrogen and oxygen atoms in total. The Kier molecular flexibility index (Phi) is 1.96. The van der Waals surface area contributed by atoms with Gasteiger partial charge in [-0.3, -0.25) is 10.1 Å². The number of hydrogen-bond acceptors (Lipinski definition) is 3. The number of ether oxygens (including phenoxy) is 1. The molecule has 0 bridgehead atoms. The number of hydrogen-bond donors (Lipinski definition) is 0. The van der Waals surface area contributed by atoms with Crippen LogP contribution in [0, 0.1) is 10.1 Å². The van der Waals surface area contributed by atoms with Gasteiger partial charge in [0.1, 0.15) is 6.61 Å². The zero-order valence-electron chi connectivity index (χ0n) is 7.69. The molecule has 1 aromatic carbocycles. The fourth-order valence-corrected chi connectivity index (χ4v) is 1.63. The molecule has 1 aliphatic heterocycles. The summed E-state index contributed by atoms with van der Waals surface area (Å²) < 4.78 is 5.16. The van der Waals surface area contributed by atoms with Crippen molar-refractivity contribution in [1.82, 2.24) is 0 Å². The molecule has 0 aliphatic carbocycles. The van der Waals surface area contributed by atoms with Crippen molar-refractivity contribution in [3.05, 3.63) is 45.7 Å². The quantitative estimate of drug-likeness (QED) is 0.506. The minimum Gasteiger partial charge on any atom is -0.496 e. The second-order valence-electron chi connectivity index (χ2n) is 3.18. The maximum atomic E-state index is 10.8. The largest absolute Gasteiger partial charge is 0.496 e. The van der Waals surface area contributed by atoms with E-state index in [9.17, 15) is 10.1 Å². The first-order valence-electron chi connectivity index (χ1n) is 4.25. The Morgan fingerprint density at radius 3 is 3.00 bits per heavy atom. The van der Waals surface area contributed by atoms with Gasteiger partial charge in [0.15, 0.2) is 0 Å². The lowest BCUT2D eigenvalue weighted by Gasteiger charge is -2.15. The third-order valence-corrected chi connectivity index (χ3v) is 2.22. The first kappa shape index (κ1) is 8.74. The van der Waals surface area contributed by atoms with Gasteiger partial charge in [0, 0.05) is 11.6 Å². The highest BCUT2D eigenvalue weighted by molar-refractivity contribution is 5.74. The van der Waals surface area contributed by atoms with Crippen LogP contribution in [0.25, 0.3) is 5.57 Å². The fourth-order valence-electron chi connectivity index (χ4n) is 1.63. The molecule has 1 aliphatic rings. The molecule has 0 spiro atoms. The smallest absolute Gasteiger partial charge is 0.277 e. The molecule has 72 valence electrons. The third kappa shape index (κ3) is 1.25. The molecular formula is C10H9NO3. The molecule has 1 aromatic rings. The van der Waals surface area contributed by atoms with E-state index >= 15 is 0 Å². The fraction of sp³-hybridized carbons (Fsp3) is 0.200. The molecule has 0 atom stereocenters. The molecule has 0 unspecified atom stereocenters. The van der Waals surface area contributed by atoms with Crippen LogP contribution in [-0.4, -0.2) is 4.92 Å². The second kappa shape index (κ2) is 3.14. The van der Waals surface area contributed by atoms with Crippen LogP contribution in [0.4, 0.5) is 5.69 Å². The van der Waals surface area contributed by atoms with Crippen LogP contribution in [0.2, 0.25) is 0 Å². The minimum absolute atomic E-state index is 0.152. The lowest BCUT2D eigenvalue weighted by Crippen LogP contribution is -2.03. The van der Waals surface area contributed by atoms with Gasteiger partial charge in [0.25, 0.3) is 5.69 Å². The maximum Gasteiger partial charge on any atom is 0.277 e. The van der Waals surface area contributed by atoms with Crippen molar-refractivity contribution in [2.45, 2.75) is 13.5 Å². The number of fused-ring (bicyclic) bond motifs is 1. The minimum atomic E-state index is -0.360. The van der Waals surface area contributed by atoms with Gasteiger partial charge in [-0.1, -0.05) is 12.1 Å². The zero-order valence-corrected chi connectivity index (χ0v) is 7.69. The van der Waals surface area contributed by atoms with Crippen LogP contribution in [0.5, 0.6) is 0 Å². The van der Waals surface area contributed by atoms with Crippen LogP contribution >= 0.6 is 0 Å². The van der Waals surface area contributed by atoms with Gasteiger partial charge in [0.2, 0.25) is 0 Å². The molecule has 0 radical (unpaired) electrons. The van der Waals surface area contributed by atoms with Gasteiger partial charge in [-0.05, 0) is 12.5 Å². The Morgan fingerprint density at radius 2 is 2.29 bits per heavy atom. The summed E-state index contributed by atoms with van der Waals surface area (Å²) >= 11 is 0. The normalized spacial score (nSPS) is 13.9. The maximum absolute atomic E-state index is 10.8. The summed E-state index contributed by atoms with van der Waals surface area (Å²) in [5, 5.41) is 10.8. The predicted octanol–water partition coefficient (Wildman–Crippen LogP) is 2.49. The van der Waals surface area contributed by atoms with Crippen molar-refractivity contribution in [2.24, 2.45) is 0 Å². The van der Waals surface area contributed by atoms with E-state index in [1.165, 1.54) is 6.07 Å². The van der Waals surface area contributed by atoms with E-state index in [4.69, 9.17) is 4.74 Å². The Morgan fingerprint density at radius 1 is 1.50 bits per heavy atom. The van der Waals surface area contributed by atoms with Crippen LogP contribution in [0.1, 0.15) is 18.1 Å². The van der Waals surface area contributed by atoms with E-state index in [1.807, 2.05) is 13.0 Å². The van der Waals surface area contributed by atoms with E-state index in [0.717, 1.165) is 11.1 Å². The molecule has 4 heteroatoms. The van der Waals surface area contributed by atoms with Crippen molar-refractivity contribution in [2.75, 3.05) is 0 Å². The number of nitro benzene ring substituents is 1. The predicted molar refractivity (Wildman–Crippen MR) is 51.5 cm³/mol. The molecule has 0 amide bonds. The lowest BCUT2D eigenvalue weighted by molar-refractivity contribution is -0.385. The molecule has 1 heterocycles. The van der Waals surface area contributed by atoms with Gasteiger partial charge < -0.3 is 4.74 Å². The SMILES string of the molecule is CC1=COCc2cccc([N+](=O)[O-])c21. The van der Waals surface area contributed by atoms with Gasteiger partial charge in [0.05, 0.1) is 16.7 Å². The van der Waals surface area contributed by atoms with Gasteiger partial charge in [-0.25, -0.2) is 0 Å². The first-order valence-corrected chi connectivity index (χ1v) is 4.25. The highest BCUT2D eigenvalue weighted by Gasteiger charge is 2.21. The Hall–Kier alpha value is -1.84. The average Bonchev–Trinajstić information content (AvgIpc) is 2.17. The molecule has 2 rings (SSSR count). The summed E-state index contributed by atoms with van der Waals surface area (Å²) in [7, 11) is 0. The molecular weight excluding hydrogens is 182 g/mol. The van der Waals surface area contributed by atoms with Crippen molar-refractivity contribution in [3.63, 3.8) is 0 Å². The van der Waals surface area contributed by atoms with Crippen LogP contribution in [-0.2, 0) is 11.3 Å². The Labute approximate surface area is 81.0 Å². The molecule has 0 saturated carbocycles. The Balaban J connectivity index is 2.66. The highest BCUT2D eigenvalue weighted by atomic mass is 16.6. The van der Waals surface area contributed by atoms with E-state index in [0.29, 0.717) is 12.2 Å². The van der Waals surface area contributed by atoms with E-state index in [1.54, 1.807) is 12.3 Å². The van der Waals surface area contributed by atoms with Gasteiger partial charge in [-0.2, -0.15) is 0 Å². The number of nitro groups is 1. The number of allylic oxidation sites excluding steroid dienone is 1. The summed E-state index contributed by atoms with van der Waals surface area (Å²) in [6, 6.07) is 5.04. The molecule has 0 N–H and O–H groups in total. The zero-order chi connectivity index (χ0) is 10.1. The highest BCUT2D eigenvalue weighted by Crippen LogP contribution is 2.32. The Bertz CT molecular complexity index is 423. The van der Waals surface area contributed by atoms with Crippen LogP contribution in [0.15, 0.2) is 24.5 Å². The van der Waals surface area contributed by atoms with Crippen molar-refractivity contribution >= 4 is 11.3 Å². The average molecular weight is 191 g/mol. The van der Waals surface area contributed by atoms with E-state index in [-0.39, 0.29) is 10.6 Å². The molecule has 0 fully saturated rings. The number of nitrogens with zero attached hydrogens (tertiary/aromatic N) is 1. The summed E-state index contributed by atoms with van der Waals surface area (Å²) in [6.07, 6.45) is 1.56. The van der Waals surface area contributed by atoms with Gasteiger partial charge >= 0.3 is 0 Å². The van der Waals surface area contributed by atoms with Crippen molar-refractivity contribution in [3.8, 4) is 0 Å². The topological polar surface area (TPSA) is 52.4 Å². The van der Waals surface area contributed by atoms with E-state index < -0.39 is 0 Å². The summed E-state index contributed by atoms with van der Waals surface area (Å²) in [5.74, 6) is 0. The first-order chi connectivity index (χ1) is 6.70. The van der Waals surface area contributed by atoms with E-state index in [2.05, 4.69) is 0 Å². The lowest BCUT2D eigenvalue weighted by atomic mass is 9.99. The standard InChI is InChI=1S/C10H9NO3/c1-7-5-14-6-8-3-2-4-9(10(7)8)11(12)13/h2-5H,6H2,1H3. The van der Waals surface area contributed by atoms with Gasteiger partial charge in [-0.15, -0.1) is 0 Å². The summed E-state index contributed by atoms with van der Waals surface area (Å²) in [6.45, 7) is 2.22. The number of benzene rings is 1. The molecule has 0 saturated heterocycles. The second-order valence-corrected chi connectivity index (χ2v) is 3.18. The number of rotatable bonds is 1.